The molecule has 66 valence electrons. The van der Waals surface area contributed by atoms with Gasteiger partial charge >= 0.3 is 0 Å². The van der Waals surface area contributed by atoms with Crippen LogP contribution in [0, 0.1) is 11.3 Å². The van der Waals surface area contributed by atoms with Gasteiger partial charge in [-0.05, 0) is 40.4 Å². The Kier molecular flexibility index (Phi) is 2.19. The van der Waals surface area contributed by atoms with Gasteiger partial charge in [-0.1, -0.05) is 0 Å². The van der Waals surface area contributed by atoms with Gasteiger partial charge in [-0.25, -0.2) is 4.98 Å². The lowest BCUT2D eigenvalue weighted by atomic mass is 10.1. The average Bonchev–Trinajstić information content (AvgIpc) is 2.17. The van der Waals surface area contributed by atoms with Gasteiger partial charge in [0.05, 0.1) is 4.47 Å². The summed E-state index contributed by atoms with van der Waals surface area (Å²) in [5.74, 6) is 0.867. The van der Waals surface area contributed by atoms with Crippen LogP contribution in [-0.4, -0.2) is 11.5 Å². The van der Waals surface area contributed by atoms with Crippen molar-refractivity contribution >= 4 is 21.7 Å². The predicted molar refractivity (Wildman–Crippen MR) is 53.5 cm³/mol. The Labute approximate surface area is 84.9 Å². The van der Waals surface area contributed by atoms with Crippen LogP contribution in [0.2, 0.25) is 0 Å². The molecule has 0 aromatic carbocycles. The van der Waals surface area contributed by atoms with Crippen LogP contribution in [0.1, 0.15) is 17.7 Å². The first-order valence-electron chi connectivity index (χ1n) is 4.14. The van der Waals surface area contributed by atoms with Crippen LogP contribution in [0.3, 0.4) is 0 Å². The number of aryl methyl sites for hydroxylation is 1. The zero-order valence-electron chi connectivity index (χ0n) is 6.97. The lowest BCUT2D eigenvalue weighted by Crippen LogP contribution is -2.13. The fourth-order valence-corrected chi connectivity index (χ4v) is 1.89. The number of halogens is 1. The number of pyridine rings is 1. The molecule has 0 radical (unpaired) electrons. The third-order valence-electron chi connectivity index (χ3n) is 2.08. The summed E-state index contributed by atoms with van der Waals surface area (Å²) < 4.78 is 0.789. The third kappa shape index (κ3) is 1.52. The monoisotopic (exact) mass is 237 g/mol. The molecule has 4 heteroatoms. The van der Waals surface area contributed by atoms with Crippen molar-refractivity contribution in [2.75, 3.05) is 11.9 Å². The normalized spacial score (nSPS) is 14.2. The summed E-state index contributed by atoms with van der Waals surface area (Å²) >= 11 is 3.32. The molecule has 13 heavy (non-hydrogen) atoms. The first-order chi connectivity index (χ1) is 6.31. The largest absolute Gasteiger partial charge is 0.370 e. The molecule has 1 N–H and O–H groups in total. The van der Waals surface area contributed by atoms with E-state index in [0.717, 1.165) is 29.7 Å². The number of rotatable bonds is 0. The highest BCUT2D eigenvalue weighted by molar-refractivity contribution is 9.10. The second-order valence-corrected chi connectivity index (χ2v) is 3.82. The molecule has 0 saturated heterocycles. The highest BCUT2D eigenvalue weighted by Gasteiger charge is 2.12. The van der Waals surface area contributed by atoms with Crippen molar-refractivity contribution in [3.05, 3.63) is 21.8 Å². The minimum Gasteiger partial charge on any atom is -0.370 e. The topological polar surface area (TPSA) is 48.7 Å². The number of hydrogen-bond donors (Lipinski definition) is 1. The van der Waals surface area contributed by atoms with Crippen LogP contribution in [0.5, 0.6) is 0 Å². The molecule has 2 heterocycles. The number of nitrogens with zero attached hydrogens (tertiary/aromatic N) is 2. The predicted octanol–water partition coefficient (Wildman–Crippen LogP) is 2.07. The van der Waals surface area contributed by atoms with Crippen molar-refractivity contribution in [2.24, 2.45) is 0 Å². The standard InChI is InChI=1S/C9H8BrN3/c10-7-4-6-2-1-3-12-9(6)13-8(7)5-11/h4H,1-3H2,(H,12,13). The molecular weight excluding hydrogens is 230 g/mol. The summed E-state index contributed by atoms with van der Waals surface area (Å²) in [6.07, 6.45) is 2.17. The first-order valence-corrected chi connectivity index (χ1v) is 4.94. The van der Waals surface area contributed by atoms with Crippen LogP contribution in [-0.2, 0) is 6.42 Å². The zero-order valence-corrected chi connectivity index (χ0v) is 8.56. The smallest absolute Gasteiger partial charge is 0.157 e. The van der Waals surface area contributed by atoms with Crippen LogP contribution >= 0.6 is 15.9 Å². The molecule has 3 nitrogen and oxygen atoms in total. The van der Waals surface area contributed by atoms with E-state index < -0.39 is 0 Å². The van der Waals surface area contributed by atoms with Gasteiger partial charge < -0.3 is 5.32 Å². The molecule has 0 unspecified atom stereocenters. The summed E-state index contributed by atoms with van der Waals surface area (Å²) in [7, 11) is 0. The number of anilines is 1. The minimum absolute atomic E-state index is 0.452. The van der Waals surface area contributed by atoms with E-state index in [4.69, 9.17) is 5.26 Å². The number of nitrogens with one attached hydrogen (secondary N) is 1. The summed E-state index contributed by atoms with van der Waals surface area (Å²) in [5.41, 5.74) is 1.64. The van der Waals surface area contributed by atoms with Crippen LogP contribution in [0.4, 0.5) is 5.82 Å². The van der Waals surface area contributed by atoms with E-state index in [2.05, 4.69) is 26.2 Å². The van der Waals surface area contributed by atoms with Crippen molar-refractivity contribution in [1.82, 2.24) is 4.98 Å². The Balaban J connectivity index is 2.52. The summed E-state index contributed by atoms with van der Waals surface area (Å²) in [5, 5.41) is 11.9. The lowest BCUT2D eigenvalue weighted by molar-refractivity contribution is 0.815. The van der Waals surface area contributed by atoms with E-state index in [0.29, 0.717) is 5.69 Å². The number of hydrogen-bond acceptors (Lipinski definition) is 3. The van der Waals surface area contributed by atoms with E-state index in [1.165, 1.54) is 5.56 Å². The molecule has 1 aromatic heterocycles. The Morgan fingerprint density at radius 1 is 1.62 bits per heavy atom. The summed E-state index contributed by atoms with van der Waals surface area (Å²) in [4.78, 5) is 4.21. The molecule has 1 aliphatic rings. The molecule has 0 bridgehead atoms. The van der Waals surface area contributed by atoms with Crippen molar-refractivity contribution in [2.45, 2.75) is 12.8 Å². The van der Waals surface area contributed by atoms with E-state index in [-0.39, 0.29) is 0 Å². The Morgan fingerprint density at radius 2 is 2.46 bits per heavy atom. The van der Waals surface area contributed by atoms with Gasteiger partial charge in [-0.2, -0.15) is 5.26 Å². The van der Waals surface area contributed by atoms with E-state index in [1.54, 1.807) is 0 Å². The molecule has 2 rings (SSSR count). The Hall–Kier alpha value is -1.08. The first kappa shape index (κ1) is 8.52. The van der Waals surface area contributed by atoms with Gasteiger partial charge in [0.15, 0.2) is 5.69 Å². The highest BCUT2D eigenvalue weighted by Crippen LogP contribution is 2.25. The molecule has 0 spiro atoms. The van der Waals surface area contributed by atoms with Crippen LogP contribution in [0.15, 0.2) is 10.5 Å². The van der Waals surface area contributed by atoms with Gasteiger partial charge in [0.1, 0.15) is 11.9 Å². The fraction of sp³-hybridized carbons (Fsp3) is 0.333. The van der Waals surface area contributed by atoms with Crippen LogP contribution in [0.25, 0.3) is 0 Å². The number of aromatic nitrogens is 1. The maximum Gasteiger partial charge on any atom is 0.157 e. The molecule has 1 aromatic rings. The second-order valence-electron chi connectivity index (χ2n) is 2.97. The van der Waals surface area contributed by atoms with Gasteiger partial charge in [-0.15, -0.1) is 0 Å². The van der Waals surface area contributed by atoms with Crippen LogP contribution < -0.4 is 5.32 Å². The molecule has 0 amide bonds. The second kappa shape index (κ2) is 3.35. The maximum absolute atomic E-state index is 8.75. The van der Waals surface area contributed by atoms with Crippen molar-refractivity contribution in [3.63, 3.8) is 0 Å². The summed E-state index contributed by atoms with van der Waals surface area (Å²) in [6, 6.07) is 4.03. The highest BCUT2D eigenvalue weighted by atomic mass is 79.9. The molecule has 0 fully saturated rings. The van der Waals surface area contributed by atoms with Crippen molar-refractivity contribution in [3.8, 4) is 6.07 Å². The fourth-order valence-electron chi connectivity index (χ4n) is 1.43. The molecule has 0 atom stereocenters. The Morgan fingerprint density at radius 3 is 3.23 bits per heavy atom. The van der Waals surface area contributed by atoms with Gasteiger partial charge in [0.2, 0.25) is 0 Å². The zero-order chi connectivity index (χ0) is 9.26. The molecular formula is C9H8BrN3. The minimum atomic E-state index is 0.452. The van der Waals surface area contributed by atoms with E-state index in [1.807, 2.05) is 12.1 Å². The van der Waals surface area contributed by atoms with Gasteiger partial charge in [0, 0.05) is 6.54 Å². The third-order valence-corrected chi connectivity index (χ3v) is 2.68. The van der Waals surface area contributed by atoms with Gasteiger partial charge in [-0.3, -0.25) is 0 Å². The SMILES string of the molecule is N#Cc1nc2c(cc1Br)CCCN2. The van der Waals surface area contributed by atoms with Gasteiger partial charge in [0.25, 0.3) is 0 Å². The Bertz CT molecular complexity index is 381. The van der Waals surface area contributed by atoms with Crippen molar-refractivity contribution < 1.29 is 0 Å². The van der Waals surface area contributed by atoms with E-state index >= 15 is 0 Å². The number of fused-ring (bicyclic) bond motifs is 1. The lowest BCUT2D eigenvalue weighted by Gasteiger charge is -2.16. The summed E-state index contributed by atoms with van der Waals surface area (Å²) in [6.45, 7) is 0.951. The quantitative estimate of drug-likeness (QED) is 0.752. The average molecular weight is 238 g/mol. The number of nitriles is 1. The molecule has 0 saturated carbocycles. The van der Waals surface area contributed by atoms with Crippen molar-refractivity contribution in [1.29, 1.82) is 5.26 Å². The van der Waals surface area contributed by atoms with E-state index in [9.17, 15) is 0 Å². The molecule has 1 aliphatic heterocycles. The maximum atomic E-state index is 8.75. The molecule has 0 aliphatic carbocycles.